The Kier molecular flexibility index (Phi) is 4.32. The first-order chi connectivity index (χ1) is 14.4. The van der Waals surface area contributed by atoms with Crippen molar-refractivity contribution >= 4 is 17.3 Å². The van der Waals surface area contributed by atoms with Gasteiger partial charge >= 0.3 is 0 Å². The second-order valence-corrected chi connectivity index (χ2v) is 8.53. The maximum absolute atomic E-state index is 13.3. The molecule has 0 bridgehead atoms. The molecule has 1 spiro atoms. The van der Waals surface area contributed by atoms with Gasteiger partial charge in [0.25, 0.3) is 5.69 Å². The molecule has 0 radical (unpaired) electrons. The summed E-state index contributed by atoms with van der Waals surface area (Å²) in [5, 5.41) is 11.1. The second-order valence-electron chi connectivity index (χ2n) is 8.53. The fraction of sp³-hybridized carbons (Fsp3) is 0.435. The number of aryl methyl sites for hydroxylation is 2. The van der Waals surface area contributed by atoms with Crippen molar-refractivity contribution in [3.8, 4) is 11.5 Å². The molecule has 2 aromatic rings. The topological polar surface area (TPSA) is 81.9 Å². The van der Waals surface area contributed by atoms with E-state index in [9.17, 15) is 14.9 Å². The van der Waals surface area contributed by atoms with Crippen LogP contribution in [0.15, 0.2) is 30.3 Å². The summed E-state index contributed by atoms with van der Waals surface area (Å²) in [6, 6.07) is 8.81. The lowest BCUT2D eigenvalue weighted by molar-refractivity contribution is -0.385. The van der Waals surface area contributed by atoms with Crippen LogP contribution in [0.1, 0.15) is 48.8 Å². The highest BCUT2D eigenvalue weighted by Gasteiger charge is 2.60. The second kappa shape index (κ2) is 6.80. The monoisotopic (exact) mass is 408 g/mol. The van der Waals surface area contributed by atoms with Gasteiger partial charge in [-0.2, -0.15) is 0 Å². The molecule has 7 heteroatoms. The zero-order valence-electron chi connectivity index (χ0n) is 17.1. The number of fused-ring (bicyclic) bond motifs is 2. The molecule has 0 aromatic heterocycles. The van der Waals surface area contributed by atoms with Crippen molar-refractivity contribution < 1.29 is 19.2 Å². The van der Waals surface area contributed by atoms with Crippen LogP contribution in [0.5, 0.6) is 11.5 Å². The predicted octanol–water partition coefficient (Wildman–Crippen LogP) is 4.91. The van der Waals surface area contributed by atoms with Gasteiger partial charge in [-0.1, -0.05) is 0 Å². The Labute approximate surface area is 174 Å². The molecule has 2 aliphatic heterocycles. The lowest BCUT2D eigenvalue weighted by Crippen LogP contribution is -2.43. The average Bonchev–Trinajstić information content (AvgIpc) is 3.50. The number of nitro benzene ring substituents is 1. The SMILES string of the molecule is Cc1cc([N+](=O)[O-])cc(C)c1Oc1ccc2c(c1)C1(CC1)C(=O)N2C1CCCCO1. The zero-order chi connectivity index (χ0) is 21.0. The number of anilines is 1. The standard InChI is InChI=1S/C23H24N2O5/c1-14-11-16(25(27)28)12-15(2)21(14)30-17-6-7-19-18(13-17)23(8-9-23)22(26)24(19)20-5-3-4-10-29-20/h6-7,11-13,20H,3-5,8-10H2,1-2H3. The van der Waals surface area contributed by atoms with Gasteiger partial charge in [0.15, 0.2) is 0 Å². The van der Waals surface area contributed by atoms with Gasteiger partial charge in [0.1, 0.15) is 17.7 Å². The van der Waals surface area contributed by atoms with E-state index in [1.165, 1.54) is 12.1 Å². The first-order valence-electron chi connectivity index (χ1n) is 10.4. The summed E-state index contributed by atoms with van der Waals surface area (Å²) < 4.78 is 12.1. The molecule has 1 saturated carbocycles. The lowest BCUT2D eigenvalue weighted by Gasteiger charge is -2.32. The van der Waals surface area contributed by atoms with Gasteiger partial charge in [0.2, 0.25) is 5.91 Å². The Balaban J connectivity index is 1.49. The molecule has 2 aromatic carbocycles. The molecular formula is C23H24N2O5. The highest BCUT2D eigenvalue weighted by Crippen LogP contribution is 2.59. The van der Waals surface area contributed by atoms with Gasteiger partial charge in [-0.15, -0.1) is 0 Å². The Morgan fingerprint density at radius 3 is 2.50 bits per heavy atom. The molecule has 5 rings (SSSR count). The number of hydrogen-bond donors (Lipinski definition) is 0. The van der Waals surface area contributed by atoms with E-state index in [0.717, 1.165) is 43.4 Å². The summed E-state index contributed by atoms with van der Waals surface area (Å²) in [4.78, 5) is 25.8. The van der Waals surface area contributed by atoms with E-state index >= 15 is 0 Å². The van der Waals surface area contributed by atoms with E-state index in [2.05, 4.69) is 0 Å². The van der Waals surface area contributed by atoms with Crippen molar-refractivity contribution in [3.63, 3.8) is 0 Å². The first kappa shape index (κ1) is 19.1. The Morgan fingerprint density at radius 2 is 1.90 bits per heavy atom. The number of ether oxygens (including phenoxy) is 2. The van der Waals surface area contributed by atoms with Gasteiger partial charge in [-0.05, 0) is 80.8 Å². The fourth-order valence-electron chi connectivity index (χ4n) is 4.76. The van der Waals surface area contributed by atoms with Crippen LogP contribution >= 0.6 is 0 Å². The quantitative estimate of drug-likeness (QED) is 0.530. The van der Waals surface area contributed by atoms with E-state index in [-0.39, 0.29) is 17.8 Å². The number of nitrogens with zero attached hydrogens (tertiary/aromatic N) is 2. The molecule has 1 amide bonds. The molecular weight excluding hydrogens is 384 g/mol. The molecule has 7 nitrogen and oxygen atoms in total. The maximum atomic E-state index is 13.3. The van der Waals surface area contributed by atoms with Gasteiger partial charge < -0.3 is 9.47 Å². The third kappa shape index (κ3) is 2.88. The van der Waals surface area contributed by atoms with Gasteiger partial charge in [0.05, 0.1) is 16.0 Å². The van der Waals surface area contributed by atoms with Crippen molar-refractivity contribution in [2.45, 2.75) is 57.6 Å². The third-order valence-electron chi connectivity index (χ3n) is 6.44. The van der Waals surface area contributed by atoms with Crippen LogP contribution in [0.3, 0.4) is 0 Å². The molecule has 1 atom stereocenters. The summed E-state index contributed by atoms with van der Waals surface area (Å²) in [6.45, 7) is 4.30. The highest BCUT2D eigenvalue weighted by atomic mass is 16.6. The number of hydrogen-bond acceptors (Lipinski definition) is 5. The van der Waals surface area contributed by atoms with Crippen LogP contribution in [0.25, 0.3) is 0 Å². The van der Waals surface area contributed by atoms with Gasteiger partial charge in [0, 0.05) is 18.7 Å². The number of nitro groups is 1. The van der Waals surface area contributed by atoms with Gasteiger partial charge in [-0.25, -0.2) is 0 Å². The summed E-state index contributed by atoms with van der Waals surface area (Å²) in [5.41, 5.74) is 2.96. The van der Waals surface area contributed by atoms with Gasteiger partial charge in [-0.3, -0.25) is 19.8 Å². The summed E-state index contributed by atoms with van der Waals surface area (Å²) in [5.74, 6) is 1.39. The van der Waals surface area contributed by atoms with E-state index in [1.54, 1.807) is 13.8 Å². The largest absolute Gasteiger partial charge is 0.457 e. The molecule has 3 aliphatic rings. The zero-order valence-corrected chi connectivity index (χ0v) is 17.1. The molecule has 2 fully saturated rings. The van der Waals surface area contributed by atoms with Crippen LogP contribution in [0, 0.1) is 24.0 Å². The van der Waals surface area contributed by atoms with Crippen LogP contribution < -0.4 is 9.64 Å². The van der Waals surface area contributed by atoms with Crippen molar-refractivity contribution in [3.05, 3.63) is 57.1 Å². The normalized spacial score (nSPS) is 21.6. The number of non-ortho nitro benzene ring substituents is 1. The van der Waals surface area contributed by atoms with Crippen molar-refractivity contribution in [2.75, 3.05) is 11.5 Å². The highest BCUT2D eigenvalue weighted by molar-refractivity contribution is 6.10. The van der Waals surface area contributed by atoms with Crippen molar-refractivity contribution in [2.24, 2.45) is 0 Å². The lowest BCUT2D eigenvalue weighted by atomic mass is 9.97. The van der Waals surface area contributed by atoms with E-state index < -0.39 is 10.3 Å². The van der Waals surface area contributed by atoms with Crippen LogP contribution in [0.2, 0.25) is 0 Å². The third-order valence-corrected chi connectivity index (χ3v) is 6.44. The Hall–Kier alpha value is -2.93. The summed E-state index contributed by atoms with van der Waals surface area (Å²) >= 11 is 0. The minimum absolute atomic E-state index is 0.0527. The molecule has 1 aliphatic carbocycles. The molecule has 0 N–H and O–H groups in total. The van der Waals surface area contributed by atoms with E-state index in [4.69, 9.17) is 9.47 Å². The Morgan fingerprint density at radius 1 is 1.17 bits per heavy atom. The number of amides is 1. The number of benzene rings is 2. The number of carbonyl (C=O) groups excluding carboxylic acids is 1. The van der Waals surface area contributed by atoms with E-state index in [0.29, 0.717) is 29.2 Å². The Bertz CT molecular complexity index is 1030. The minimum atomic E-state index is -0.435. The minimum Gasteiger partial charge on any atom is -0.457 e. The maximum Gasteiger partial charge on any atom is 0.270 e. The molecule has 156 valence electrons. The van der Waals surface area contributed by atoms with Crippen LogP contribution in [-0.4, -0.2) is 23.7 Å². The smallest absolute Gasteiger partial charge is 0.270 e. The van der Waals surface area contributed by atoms with Crippen LogP contribution in [0.4, 0.5) is 11.4 Å². The fourth-order valence-corrected chi connectivity index (χ4v) is 4.76. The first-order valence-corrected chi connectivity index (χ1v) is 10.4. The number of rotatable bonds is 4. The molecule has 30 heavy (non-hydrogen) atoms. The molecule has 2 heterocycles. The van der Waals surface area contributed by atoms with Crippen molar-refractivity contribution in [1.82, 2.24) is 0 Å². The molecule has 1 unspecified atom stereocenters. The van der Waals surface area contributed by atoms with Crippen molar-refractivity contribution in [1.29, 1.82) is 0 Å². The predicted molar refractivity (Wildman–Crippen MR) is 111 cm³/mol. The van der Waals surface area contributed by atoms with Crippen LogP contribution in [-0.2, 0) is 14.9 Å². The number of carbonyl (C=O) groups is 1. The summed E-state index contributed by atoms with van der Waals surface area (Å²) in [6.07, 6.45) is 4.48. The average molecular weight is 408 g/mol. The molecule has 1 saturated heterocycles. The summed E-state index contributed by atoms with van der Waals surface area (Å²) in [7, 11) is 0. The van der Waals surface area contributed by atoms with E-state index in [1.807, 2.05) is 23.1 Å².